The number of allylic oxidation sites excluding steroid dienone is 3. The van der Waals surface area contributed by atoms with E-state index in [0.717, 1.165) is 30.6 Å². The Bertz CT molecular complexity index is 365. The van der Waals surface area contributed by atoms with Crippen molar-refractivity contribution in [1.82, 2.24) is 0 Å². The molecule has 2 aliphatic rings. The number of carbonyl (C=O) groups is 1. The van der Waals surface area contributed by atoms with Crippen LogP contribution in [-0.4, -0.2) is 19.2 Å². The first-order valence-electron chi connectivity index (χ1n) is 5.53. The number of esters is 1. The van der Waals surface area contributed by atoms with E-state index >= 15 is 0 Å². The molecule has 3 nitrogen and oxygen atoms in total. The second-order valence-corrected chi connectivity index (χ2v) is 4.01. The molecule has 1 heterocycles. The van der Waals surface area contributed by atoms with Crippen LogP contribution in [0.1, 0.15) is 19.3 Å². The highest BCUT2D eigenvalue weighted by Crippen LogP contribution is 2.40. The highest BCUT2D eigenvalue weighted by Gasteiger charge is 2.40. The molecule has 0 radical (unpaired) electrons. The molecule has 16 heavy (non-hydrogen) atoms. The second kappa shape index (κ2) is 4.56. The number of ether oxygens (including phenoxy) is 2. The van der Waals surface area contributed by atoms with E-state index in [1.54, 1.807) is 0 Å². The molecule has 86 valence electrons. The van der Waals surface area contributed by atoms with E-state index in [1.807, 2.05) is 12.2 Å². The Morgan fingerprint density at radius 2 is 2.56 bits per heavy atom. The third-order valence-electron chi connectivity index (χ3n) is 3.04. The van der Waals surface area contributed by atoms with Crippen molar-refractivity contribution >= 4 is 5.97 Å². The molecular formula is C13H16O3. The van der Waals surface area contributed by atoms with E-state index in [9.17, 15) is 4.79 Å². The lowest BCUT2D eigenvalue weighted by Crippen LogP contribution is -2.16. The number of hydrogen-bond donors (Lipinski definition) is 0. The molecule has 0 saturated heterocycles. The van der Waals surface area contributed by atoms with Crippen molar-refractivity contribution in [2.45, 2.75) is 25.4 Å². The van der Waals surface area contributed by atoms with Gasteiger partial charge in [-0.25, -0.2) is 4.79 Å². The van der Waals surface area contributed by atoms with Crippen molar-refractivity contribution in [2.75, 3.05) is 7.11 Å². The van der Waals surface area contributed by atoms with Gasteiger partial charge in [-0.3, -0.25) is 0 Å². The number of hydrogen-bond acceptors (Lipinski definition) is 3. The van der Waals surface area contributed by atoms with Crippen LogP contribution in [0.4, 0.5) is 0 Å². The van der Waals surface area contributed by atoms with Crippen molar-refractivity contribution in [1.29, 1.82) is 0 Å². The van der Waals surface area contributed by atoms with Crippen LogP contribution >= 0.6 is 0 Å². The van der Waals surface area contributed by atoms with Crippen molar-refractivity contribution in [3.63, 3.8) is 0 Å². The van der Waals surface area contributed by atoms with Gasteiger partial charge in [-0.15, -0.1) is 6.58 Å². The van der Waals surface area contributed by atoms with Gasteiger partial charge >= 0.3 is 5.97 Å². The van der Waals surface area contributed by atoms with Crippen LogP contribution in [0.3, 0.4) is 0 Å². The fraction of sp³-hybridized carbons (Fsp3) is 0.462. The summed E-state index contributed by atoms with van der Waals surface area (Å²) in [7, 11) is 1.41. The first-order chi connectivity index (χ1) is 7.77. The van der Waals surface area contributed by atoms with Crippen LogP contribution in [0.5, 0.6) is 0 Å². The monoisotopic (exact) mass is 220 g/mol. The Kier molecular flexibility index (Phi) is 3.13. The maximum Gasteiger partial charge on any atom is 0.337 e. The van der Waals surface area contributed by atoms with Crippen molar-refractivity contribution in [3.8, 4) is 0 Å². The van der Waals surface area contributed by atoms with Gasteiger partial charge in [0.05, 0.1) is 12.7 Å². The molecule has 0 aromatic heterocycles. The smallest absolute Gasteiger partial charge is 0.337 e. The molecule has 0 aromatic rings. The maximum atomic E-state index is 11.7. The highest BCUT2D eigenvalue weighted by atomic mass is 16.5. The van der Waals surface area contributed by atoms with Crippen LogP contribution in [0.2, 0.25) is 0 Å². The Hall–Kier alpha value is -1.51. The van der Waals surface area contributed by atoms with Crippen LogP contribution in [-0.2, 0) is 14.3 Å². The normalized spacial score (nSPS) is 26.6. The minimum atomic E-state index is -0.254. The van der Waals surface area contributed by atoms with Gasteiger partial charge in [0.1, 0.15) is 11.9 Å². The van der Waals surface area contributed by atoms with E-state index in [2.05, 4.69) is 12.7 Å². The van der Waals surface area contributed by atoms with Crippen LogP contribution in [0.15, 0.2) is 36.1 Å². The largest absolute Gasteiger partial charge is 0.489 e. The van der Waals surface area contributed by atoms with E-state index in [1.165, 1.54) is 7.11 Å². The molecule has 1 aliphatic heterocycles. The summed E-state index contributed by atoms with van der Waals surface area (Å²) in [6.07, 6.45) is 8.36. The average molecular weight is 220 g/mol. The first kappa shape index (κ1) is 11.0. The number of rotatable bonds is 4. The van der Waals surface area contributed by atoms with Gasteiger partial charge in [-0.2, -0.15) is 0 Å². The lowest BCUT2D eigenvalue weighted by atomic mass is 9.95. The van der Waals surface area contributed by atoms with Crippen molar-refractivity contribution in [2.24, 2.45) is 5.92 Å². The third-order valence-corrected chi connectivity index (χ3v) is 3.04. The Balaban J connectivity index is 2.20. The summed E-state index contributed by atoms with van der Waals surface area (Å²) in [4.78, 5) is 11.7. The number of carbonyl (C=O) groups excluding carboxylic acids is 1. The first-order valence-corrected chi connectivity index (χ1v) is 5.53. The fourth-order valence-electron chi connectivity index (χ4n) is 2.27. The standard InChI is InChI=1S/C13H16O3/c1-3-4-7-11-12(13(14)15-2)9-6-5-8-10(9)16-11/h3,5,8-10H,1,4,6-7H2,2H3/t9-,10+/m0/s1. The zero-order valence-corrected chi connectivity index (χ0v) is 9.44. The van der Waals surface area contributed by atoms with E-state index in [-0.39, 0.29) is 18.0 Å². The molecule has 0 bridgehead atoms. The Labute approximate surface area is 95.4 Å². The van der Waals surface area contributed by atoms with Gasteiger partial charge in [0.2, 0.25) is 0 Å². The Morgan fingerprint density at radius 3 is 3.25 bits per heavy atom. The predicted molar refractivity (Wildman–Crippen MR) is 60.6 cm³/mol. The Morgan fingerprint density at radius 1 is 1.75 bits per heavy atom. The molecule has 0 N–H and O–H groups in total. The molecule has 2 atom stereocenters. The lowest BCUT2D eigenvalue weighted by Gasteiger charge is -2.09. The number of fused-ring (bicyclic) bond motifs is 1. The molecule has 0 amide bonds. The molecule has 0 fully saturated rings. The lowest BCUT2D eigenvalue weighted by molar-refractivity contribution is -0.136. The molecule has 0 spiro atoms. The zero-order chi connectivity index (χ0) is 11.5. The number of methoxy groups -OCH3 is 1. The molecular weight excluding hydrogens is 204 g/mol. The van der Waals surface area contributed by atoms with Gasteiger partial charge < -0.3 is 9.47 Å². The second-order valence-electron chi connectivity index (χ2n) is 4.01. The van der Waals surface area contributed by atoms with Crippen LogP contribution < -0.4 is 0 Å². The molecule has 1 aliphatic carbocycles. The maximum absolute atomic E-state index is 11.7. The predicted octanol–water partition coefficient (Wildman–Crippen LogP) is 2.35. The van der Waals surface area contributed by atoms with Crippen LogP contribution in [0, 0.1) is 5.92 Å². The van der Waals surface area contributed by atoms with E-state index in [4.69, 9.17) is 9.47 Å². The molecule has 3 heteroatoms. The molecule has 0 unspecified atom stereocenters. The summed E-state index contributed by atoms with van der Waals surface area (Å²) in [5.41, 5.74) is 0.722. The minimum absolute atomic E-state index is 0.0360. The summed E-state index contributed by atoms with van der Waals surface area (Å²) in [5.74, 6) is 0.689. The van der Waals surface area contributed by atoms with E-state index < -0.39 is 0 Å². The topological polar surface area (TPSA) is 35.5 Å². The summed E-state index contributed by atoms with van der Waals surface area (Å²) in [6, 6.07) is 0. The average Bonchev–Trinajstić information content (AvgIpc) is 2.84. The zero-order valence-electron chi connectivity index (χ0n) is 9.44. The van der Waals surface area contributed by atoms with Gasteiger partial charge in [0.15, 0.2) is 0 Å². The summed E-state index contributed by atoms with van der Waals surface area (Å²) < 4.78 is 10.6. The quantitative estimate of drug-likeness (QED) is 0.539. The summed E-state index contributed by atoms with van der Waals surface area (Å²) >= 11 is 0. The van der Waals surface area contributed by atoms with Gasteiger partial charge in [0, 0.05) is 12.3 Å². The van der Waals surface area contributed by atoms with E-state index in [0.29, 0.717) is 0 Å². The van der Waals surface area contributed by atoms with Crippen molar-refractivity contribution in [3.05, 3.63) is 36.1 Å². The molecule has 0 aromatic carbocycles. The molecule has 2 rings (SSSR count). The molecule has 0 saturated carbocycles. The summed E-state index contributed by atoms with van der Waals surface area (Å²) in [6.45, 7) is 3.68. The fourth-order valence-corrected chi connectivity index (χ4v) is 2.27. The van der Waals surface area contributed by atoms with Gasteiger partial charge in [-0.1, -0.05) is 12.2 Å². The van der Waals surface area contributed by atoms with Gasteiger partial charge in [-0.05, 0) is 18.9 Å². The minimum Gasteiger partial charge on any atom is -0.489 e. The van der Waals surface area contributed by atoms with Crippen LogP contribution in [0.25, 0.3) is 0 Å². The highest BCUT2D eigenvalue weighted by molar-refractivity contribution is 5.90. The van der Waals surface area contributed by atoms with Gasteiger partial charge in [0.25, 0.3) is 0 Å². The third kappa shape index (κ3) is 1.77. The SMILES string of the molecule is C=CCCC1=C(C(=O)OC)[C@H]2CC=C[C@H]2O1. The van der Waals surface area contributed by atoms with Crippen molar-refractivity contribution < 1.29 is 14.3 Å². The summed E-state index contributed by atoms with van der Waals surface area (Å²) in [5, 5.41) is 0.